The van der Waals surface area contributed by atoms with Crippen LogP contribution in [0.15, 0.2) is 0 Å². The Labute approximate surface area is 85.0 Å². The second kappa shape index (κ2) is 5.98. The summed E-state index contributed by atoms with van der Waals surface area (Å²) in [6.07, 6.45) is 0.776. The first-order valence-corrected chi connectivity index (χ1v) is 5.12. The van der Waals surface area contributed by atoms with Crippen LogP contribution in [0.25, 0.3) is 0 Å². The van der Waals surface area contributed by atoms with Gasteiger partial charge >= 0.3 is 5.97 Å². The van der Waals surface area contributed by atoms with Crippen molar-refractivity contribution in [3.05, 3.63) is 0 Å². The second-order valence-corrected chi connectivity index (χ2v) is 3.72. The quantitative estimate of drug-likeness (QED) is 0.500. The van der Waals surface area contributed by atoms with Crippen LogP contribution in [0.2, 0.25) is 0 Å². The van der Waals surface area contributed by atoms with Crippen molar-refractivity contribution in [1.82, 2.24) is 5.32 Å². The molecule has 0 aromatic carbocycles. The Morgan fingerprint density at radius 2 is 2.21 bits per heavy atom. The van der Waals surface area contributed by atoms with Gasteiger partial charge in [-0.3, -0.25) is 4.79 Å². The van der Waals surface area contributed by atoms with Gasteiger partial charge in [0.05, 0.1) is 12.5 Å². The van der Waals surface area contributed by atoms with Crippen molar-refractivity contribution in [2.75, 3.05) is 33.4 Å². The molecule has 0 bridgehead atoms. The summed E-state index contributed by atoms with van der Waals surface area (Å²) in [7, 11) is 1.64. The molecule has 0 saturated carbocycles. The lowest BCUT2D eigenvalue weighted by Gasteiger charge is -2.31. The predicted molar refractivity (Wildman–Crippen MR) is 53.0 cm³/mol. The first-order valence-electron chi connectivity index (χ1n) is 5.12. The molecule has 1 heterocycles. The average Bonchev–Trinajstić information content (AvgIpc) is 2.09. The van der Waals surface area contributed by atoms with Crippen LogP contribution in [0.1, 0.15) is 13.3 Å². The summed E-state index contributed by atoms with van der Waals surface area (Å²) >= 11 is 0. The van der Waals surface area contributed by atoms with E-state index in [4.69, 9.17) is 9.47 Å². The zero-order chi connectivity index (χ0) is 10.4. The lowest BCUT2D eigenvalue weighted by molar-refractivity contribution is -0.150. The molecule has 0 amide bonds. The van der Waals surface area contributed by atoms with Gasteiger partial charge in [-0.15, -0.1) is 0 Å². The van der Waals surface area contributed by atoms with Crippen molar-refractivity contribution in [1.29, 1.82) is 0 Å². The molecule has 1 rings (SSSR count). The van der Waals surface area contributed by atoms with Crippen LogP contribution in [-0.2, 0) is 14.3 Å². The van der Waals surface area contributed by atoms with Gasteiger partial charge in [0.2, 0.25) is 0 Å². The third-order valence-corrected chi connectivity index (χ3v) is 2.63. The molecule has 82 valence electrons. The van der Waals surface area contributed by atoms with Gasteiger partial charge in [0, 0.05) is 20.1 Å². The van der Waals surface area contributed by atoms with Crippen molar-refractivity contribution in [3.8, 4) is 0 Å². The zero-order valence-corrected chi connectivity index (χ0v) is 8.91. The number of nitrogens with one attached hydrogen (secondary N) is 1. The molecule has 0 spiro atoms. The Morgan fingerprint density at radius 3 is 2.71 bits per heavy atom. The minimum Gasteiger partial charge on any atom is -0.465 e. The molecule has 0 radical (unpaired) electrons. The maximum absolute atomic E-state index is 11.4. The highest BCUT2D eigenvalue weighted by atomic mass is 16.5. The van der Waals surface area contributed by atoms with Crippen molar-refractivity contribution in [2.24, 2.45) is 11.8 Å². The maximum Gasteiger partial charge on any atom is 0.309 e. The number of methoxy groups -OCH3 is 1. The van der Waals surface area contributed by atoms with E-state index >= 15 is 0 Å². The van der Waals surface area contributed by atoms with Crippen LogP contribution < -0.4 is 5.32 Å². The summed E-state index contributed by atoms with van der Waals surface area (Å²) in [5.41, 5.74) is 0. The Hall–Kier alpha value is -0.610. The Balaban J connectivity index is 2.07. The molecule has 1 atom stereocenters. The van der Waals surface area contributed by atoms with E-state index in [9.17, 15) is 4.79 Å². The van der Waals surface area contributed by atoms with Crippen molar-refractivity contribution >= 4 is 5.97 Å². The van der Waals surface area contributed by atoms with Gasteiger partial charge in [-0.25, -0.2) is 0 Å². The van der Waals surface area contributed by atoms with Crippen LogP contribution in [0.4, 0.5) is 0 Å². The highest BCUT2D eigenvalue weighted by Crippen LogP contribution is 2.17. The Bertz CT molecular complexity index is 180. The van der Waals surface area contributed by atoms with E-state index in [0.29, 0.717) is 19.1 Å². The normalized spacial score (nSPS) is 18.7. The largest absolute Gasteiger partial charge is 0.465 e. The lowest BCUT2D eigenvalue weighted by Crippen LogP contribution is -2.47. The minimum atomic E-state index is -0.0763. The lowest BCUT2D eigenvalue weighted by atomic mass is 9.89. The molecule has 0 aromatic rings. The Morgan fingerprint density at radius 1 is 1.50 bits per heavy atom. The van der Waals surface area contributed by atoms with Crippen LogP contribution in [0.3, 0.4) is 0 Å². The molecular formula is C10H19NO3. The van der Waals surface area contributed by atoms with Gasteiger partial charge in [-0.2, -0.15) is 0 Å². The zero-order valence-electron chi connectivity index (χ0n) is 8.91. The summed E-state index contributed by atoms with van der Waals surface area (Å²) in [6.45, 7) is 4.93. The number of carbonyl (C=O) groups excluding carboxylic acids is 1. The number of carbonyl (C=O) groups is 1. The summed E-state index contributed by atoms with van der Waals surface area (Å²) in [5.74, 6) is 0.413. The van der Waals surface area contributed by atoms with Crippen molar-refractivity contribution < 1.29 is 14.3 Å². The van der Waals surface area contributed by atoms with E-state index in [1.807, 2.05) is 6.92 Å². The third-order valence-electron chi connectivity index (χ3n) is 2.63. The smallest absolute Gasteiger partial charge is 0.309 e. The van der Waals surface area contributed by atoms with Crippen LogP contribution in [0, 0.1) is 11.8 Å². The van der Waals surface area contributed by atoms with E-state index in [-0.39, 0.29) is 11.9 Å². The molecule has 1 fully saturated rings. The van der Waals surface area contributed by atoms with Crippen LogP contribution >= 0.6 is 0 Å². The van der Waals surface area contributed by atoms with Crippen LogP contribution in [0.5, 0.6) is 0 Å². The summed E-state index contributed by atoms with van der Waals surface area (Å²) in [5, 5.41) is 3.15. The fourth-order valence-electron chi connectivity index (χ4n) is 1.36. The number of ether oxygens (including phenoxy) is 2. The molecule has 0 aliphatic carbocycles. The van der Waals surface area contributed by atoms with E-state index in [1.54, 1.807) is 7.11 Å². The van der Waals surface area contributed by atoms with Gasteiger partial charge in [-0.1, -0.05) is 6.92 Å². The standard InChI is InChI=1S/C10H19NO3/c1-8(9-6-11-7-9)10(12)14-5-3-4-13-2/h8-9,11H,3-7H2,1-2H3. The van der Waals surface area contributed by atoms with Gasteiger partial charge in [-0.05, 0) is 19.0 Å². The summed E-state index contributed by atoms with van der Waals surface area (Å²) in [6, 6.07) is 0. The number of hydrogen-bond donors (Lipinski definition) is 1. The van der Waals surface area contributed by atoms with E-state index in [2.05, 4.69) is 5.32 Å². The van der Waals surface area contributed by atoms with Crippen LogP contribution in [-0.4, -0.2) is 39.4 Å². The molecule has 1 N–H and O–H groups in total. The fraction of sp³-hybridized carbons (Fsp3) is 0.900. The first kappa shape index (κ1) is 11.5. The van der Waals surface area contributed by atoms with Crippen molar-refractivity contribution in [3.63, 3.8) is 0 Å². The fourth-order valence-corrected chi connectivity index (χ4v) is 1.36. The molecule has 0 aromatic heterocycles. The third kappa shape index (κ3) is 3.27. The molecule has 1 saturated heterocycles. The first-order chi connectivity index (χ1) is 6.75. The SMILES string of the molecule is COCCCOC(=O)C(C)C1CNC1. The topological polar surface area (TPSA) is 47.6 Å². The highest BCUT2D eigenvalue weighted by Gasteiger charge is 2.29. The second-order valence-electron chi connectivity index (χ2n) is 3.72. The Kier molecular flexibility index (Phi) is 4.90. The summed E-state index contributed by atoms with van der Waals surface area (Å²) in [4.78, 5) is 11.4. The molecule has 1 aliphatic heterocycles. The monoisotopic (exact) mass is 201 g/mol. The van der Waals surface area contributed by atoms with E-state index in [0.717, 1.165) is 19.5 Å². The molecular weight excluding hydrogens is 182 g/mol. The molecule has 1 unspecified atom stereocenters. The number of rotatable bonds is 6. The van der Waals surface area contributed by atoms with E-state index < -0.39 is 0 Å². The predicted octanol–water partition coefficient (Wildman–Crippen LogP) is 0.422. The van der Waals surface area contributed by atoms with Gasteiger partial charge < -0.3 is 14.8 Å². The number of esters is 1. The average molecular weight is 201 g/mol. The molecule has 4 nitrogen and oxygen atoms in total. The van der Waals surface area contributed by atoms with E-state index in [1.165, 1.54) is 0 Å². The van der Waals surface area contributed by atoms with Gasteiger partial charge in [0.25, 0.3) is 0 Å². The molecule has 14 heavy (non-hydrogen) atoms. The maximum atomic E-state index is 11.4. The minimum absolute atomic E-state index is 0.0267. The van der Waals surface area contributed by atoms with Gasteiger partial charge in [0.15, 0.2) is 0 Å². The molecule has 4 heteroatoms. The van der Waals surface area contributed by atoms with Gasteiger partial charge in [0.1, 0.15) is 0 Å². The molecule has 1 aliphatic rings. The van der Waals surface area contributed by atoms with Crippen molar-refractivity contribution in [2.45, 2.75) is 13.3 Å². The highest BCUT2D eigenvalue weighted by molar-refractivity contribution is 5.72. The summed E-state index contributed by atoms with van der Waals surface area (Å²) < 4.78 is 9.98. The number of hydrogen-bond acceptors (Lipinski definition) is 4.